The number of fused-ring (bicyclic) bond motifs is 1. The smallest absolute Gasteiger partial charge is 0.277 e. The topological polar surface area (TPSA) is 67.9 Å². The number of imide groups is 1. The lowest BCUT2D eigenvalue weighted by molar-refractivity contribution is -0.135. The summed E-state index contributed by atoms with van der Waals surface area (Å²) in [6.07, 6.45) is 0. The molecule has 0 fully saturated rings. The van der Waals surface area contributed by atoms with Gasteiger partial charge >= 0.3 is 0 Å². The van der Waals surface area contributed by atoms with Gasteiger partial charge in [-0.2, -0.15) is 0 Å². The number of nitrogens with one attached hydrogen (secondary N) is 1. The maximum Gasteiger partial charge on any atom is 0.277 e. The van der Waals surface area contributed by atoms with Gasteiger partial charge < -0.3 is 14.8 Å². The van der Waals surface area contributed by atoms with Crippen LogP contribution in [0.4, 0.5) is 5.69 Å². The molecule has 2 aromatic rings. The molecule has 25 heavy (non-hydrogen) atoms. The first-order valence-electron chi connectivity index (χ1n) is 7.85. The van der Waals surface area contributed by atoms with Gasteiger partial charge in [0.15, 0.2) is 11.5 Å². The molecule has 1 N–H and O–H groups in total. The fourth-order valence-corrected chi connectivity index (χ4v) is 2.86. The maximum atomic E-state index is 12.6. The van der Waals surface area contributed by atoms with E-state index in [1.807, 2.05) is 31.2 Å². The second-order valence-electron chi connectivity index (χ2n) is 5.98. The summed E-state index contributed by atoms with van der Waals surface area (Å²) in [5.41, 5.74) is 3.07. The van der Waals surface area contributed by atoms with Crippen LogP contribution in [0.15, 0.2) is 48.2 Å². The summed E-state index contributed by atoms with van der Waals surface area (Å²) in [6.45, 7) is 2.15. The summed E-state index contributed by atoms with van der Waals surface area (Å²) in [5.74, 6) is 0.576. The SMILES string of the molecule is Cc1ccc(C2=C(Nc3ccc4c(c3)OCO4)C(=O)N(C)C2=O)cc1. The van der Waals surface area contributed by atoms with Crippen LogP contribution in [0, 0.1) is 6.92 Å². The molecule has 0 aromatic heterocycles. The van der Waals surface area contributed by atoms with Gasteiger partial charge in [-0.15, -0.1) is 0 Å². The number of aryl methyl sites for hydroxylation is 1. The number of nitrogens with zero attached hydrogens (tertiary/aromatic N) is 1. The molecule has 0 spiro atoms. The largest absolute Gasteiger partial charge is 0.454 e. The summed E-state index contributed by atoms with van der Waals surface area (Å²) in [5, 5.41) is 3.08. The van der Waals surface area contributed by atoms with Crippen LogP contribution < -0.4 is 14.8 Å². The van der Waals surface area contributed by atoms with Gasteiger partial charge in [0.25, 0.3) is 11.8 Å². The zero-order valence-corrected chi connectivity index (χ0v) is 13.8. The summed E-state index contributed by atoms with van der Waals surface area (Å²) in [7, 11) is 1.48. The second-order valence-corrected chi connectivity index (χ2v) is 5.98. The Morgan fingerprint density at radius 2 is 1.68 bits per heavy atom. The van der Waals surface area contributed by atoms with Gasteiger partial charge in [-0.1, -0.05) is 29.8 Å². The molecule has 0 bridgehead atoms. The average molecular weight is 336 g/mol. The third kappa shape index (κ3) is 2.52. The number of hydrogen-bond donors (Lipinski definition) is 1. The molecule has 6 nitrogen and oxygen atoms in total. The number of rotatable bonds is 3. The van der Waals surface area contributed by atoms with E-state index < -0.39 is 0 Å². The molecule has 0 saturated heterocycles. The molecule has 0 aliphatic carbocycles. The van der Waals surface area contributed by atoms with E-state index in [4.69, 9.17) is 9.47 Å². The van der Waals surface area contributed by atoms with Crippen molar-refractivity contribution in [3.8, 4) is 11.5 Å². The zero-order valence-electron chi connectivity index (χ0n) is 13.8. The summed E-state index contributed by atoms with van der Waals surface area (Å²) in [4.78, 5) is 26.2. The van der Waals surface area contributed by atoms with Crippen LogP contribution in [0.25, 0.3) is 5.57 Å². The van der Waals surface area contributed by atoms with E-state index in [1.165, 1.54) is 7.05 Å². The van der Waals surface area contributed by atoms with Crippen LogP contribution >= 0.6 is 0 Å². The molecule has 0 saturated carbocycles. The first kappa shape index (κ1) is 15.3. The molecule has 0 unspecified atom stereocenters. The van der Waals surface area contributed by atoms with E-state index in [2.05, 4.69) is 5.32 Å². The van der Waals surface area contributed by atoms with Gasteiger partial charge in [0, 0.05) is 18.8 Å². The van der Waals surface area contributed by atoms with Crippen LogP contribution in [-0.2, 0) is 9.59 Å². The third-order valence-corrected chi connectivity index (χ3v) is 4.27. The predicted molar refractivity (Wildman–Crippen MR) is 92.1 cm³/mol. The molecule has 0 radical (unpaired) electrons. The molecule has 2 aliphatic heterocycles. The lowest BCUT2D eigenvalue weighted by Crippen LogP contribution is -2.27. The quantitative estimate of drug-likeness (QED) is 0.873. The van der Waals surface area contributed by atoms with Crippen molar-refractivity contribution in [2.24, 2.45) is 0 Å². The van der Waals surface area contributed by atoms with Crippen molar-refractivity contribution in [2.45, 2.75) is 6.92 Å². The Bertz CT molecular complexity index is 916. The van der Waals surface area contributed by atoms with Gasteiger partial charge in [-0.25, -0.2) is 0 Å². The second kappa shape index (κ2) is 5.66. The minimum Gasteiger partial charge on any atom is -0.454 e. The Hall–Kier alpha value is -3.28. The highest BCUT2D eigenvalue weighted by Crippen LogP contribution is 2.36. The van der Waals surface area contributed by atoms with Gasteiger partial charge in [0.1, 0.15) is 5.70 Å². The summed E-state index contributed by atoms with van der Waals surface area (Å²) >= 11 is 0. The van der Waals surface area contributed by atoms with Gasteiger partial charge in [-0.3, -0.25) is 14.5 Å². The van der Waals surface area contributed by atoms with E-state index in [0.717, 1.165) is 10.5 Å². The Morgan fingerprint density at radius 3 is 2.44 bits per heavy atom. The van der Waals surface area contributed by atoms with Crippen LogP contribution in [0.1, 0.15) is 11.1 Å². The number of likely N-dealkylation sites (N-methyl/N-ethyl adjacent to an activating group) is 1. The highest BCUT2D eigenvalue weighted by molar-refractivity contribution is 6.36. The Morgan fingerprint density at radius 1 is 0.960 bits per heavy atom. The fraction of sp³-hybridized carbons (Fsp3) is 0.158. The van der Waals surface area contributed by atoms with E-state index in [9.17, 15) is 9.59 Å². The number of benzene rings is 2. The number of carbonyl (C=O) groups is 2. The summed E-state index contributed by atoms with van der Waals surface area (Å²) in [6, 6.07) is 12.8. The standard InChI is InChI=1S/C19H16N2O4/c1-11-3-5-12(6-4-11)16-17(19(23)21(2)18(16)22)20-13-7-8-14-15(9-13)25-10-24-14/h3-9,20H,10H2,1-2H3. The Kier molecular flexibility index (Phi) is 3.46. The average Bonchev–Trinajstić information content (AvgIpc) is 3.15. The molecule has 0 atom stereocenters. The predicted octanol–water partition coefficient (Wildman–Crippen LogP) is 2.55. The van der Waals surface area contributed by atoms with Crippen molar-refractivity contribution in [3.05, 3.63) is 59.3 Å². The molecule has 4 rings (SSSR count). The first-order chi connectivity index (χ1) is 12.0. The Labute approximate surface area is 144 Å². The summed E-state index contributed by atoms with van der Waals surface area (Å²) < 4.78 is 10.6. The van der Waals surface area contributed by atoms with Gasteiger partial charge in [-0.05, 0) is 24.6 Å². The Balaban J connectivity index is 1.76. The maximum absolute atomic E-state index is 12.6. The minimum absolute atomic E-state index is 0.177. The lowest BCUT2D eigenvalue weighted by atomic mass is 10.0. The van der Waals surface area contributed by atoms with Crippen molar-refractivity contribution < 1.29 is 19.1 Å². The molecular weight excluding hydrogens is 320 g/mol. The van der Waals surface area contributed by atoms with E-state index in [-0.39, 0.29) is 24.3 Å². The first-order valence-corrected chi connectivity index (χ1v) is 7.85. The fourth-order valence-electron chi connectivity index (χ4n) is 2.86. The minimum atomic E-state index is -0.363. The number of carbonyl (C=O) groups excluding carboxylic acids is 2. The van der Waals surface area contributed by atoms with E-state index >= 15 is 0 Å². The molecule has 6 heteroatoms. The monoisotopic (exact) mass is 336 g/mol. The molecule has 126 valence electrons. The normalized spacial score (nSPS) is 16.0. The number of anilines is 1. The van der Waals surface area contributed by atoms with Crippen molar-refractivity contribution in [1.29, 1.82) is 0 Å². The lowest BCUT2D eigenvalue weighted by Gasteiger charge is -2.09. The number of ether oxygens (including phenoxy) is 2. The van der Waals surface area contributed by atoms with Crippen molar-refractivity contribution in [3.63, 3.8) is 0 Å². The molecule has 2 aromatic carbocycles. The molecular formula is C19H16N2O4. The van der Waals surface area contributed by atoms with Crippen molar-refractivity contribution >= 4 is 23.1 Å². The highest BCUT2D eigenvalue weighted by Gasteiger charge is 2.36. The third-order valence-electron chi connectivity index (χ3n) is 4.27. The van der Waals surface area contributed by atoms with Crippen LogP contribution in [0.2, 0.25) is 0 Å². The highest BCUT2D eigenvalue weighted by atomic mass is 16.7. The van der Waals surface area contributed by atoms with Crippen LogP contribution in [-0.4, -0.2) is 30.6 Å². The van der Waals surface area contributed by atoms with Gasteiger partial charge in [0.2, 0.25) is 6.79 Å². The van der Waals surface area contributed by atoms with Crippen molar-refractivity contribution in [2.75, 3.05) is 19.2 Å². The number of amides is 2. The van der Waals surface area contributed by atoms with Gasteiger partial charge in [0.05, 0.1) is 5.57 Å². The van der Waals surface area contributed by atoms with Crippen LogP contribution in [0.5, 0.6) is 11.5 Å². The molecule has 2 heterocycles. The molecule has 2 aliphatic rings. The van der Waals surface area contributed by atoms with E-state index in [0.29, 0.717) is 28.3 Å². The van der Waals surface area contributed by atoms with E-state index in [1.54, 1.807) is 18.2 Å². The van der Waals surface area contributed by atoms with Crippen LogP contribution in [0.3, 0.4) is 0 Å². The zero-order chi connectivity index (χ0) is 17.6. The number of hydrogen-bond acceptors (Lipinski definition) is 5. The van der Waals surface area contributed by atoms with Crippen molar-refractivity contribution in [1.82, 2.24) is 4.90 Å². The molecule has 2 amide bonds.